The lowest BCUT2D eigenvalue weighted by Gasteiger charge is -2.43. The topological polar surface area (TPSA) is 157 Å². The van der Waals surface area contributed by atoms with Gasteiger partial charge in [-0.25, -0.2) is 0 Å². The minimum Gasteiger partial charge on any atom is -0.495 e. The number of unbranched alkanes of at least 4 members (excludes halogenated alkanes) is 6. The fourth-order valence-corrected chi connectivity index (χ4v) is 5.04. The van der Waals surface area contributed by atoms with Crippen molar-refractivity contribution < 1.29 is 54.0 Å². The second-order valence-corrected chi connectivity index (χ2v) is 11.6. The molecular formula is C36H58O11. The summed E-state index contributed by atoms with van der Waals surface area (Å²) in [7, 11) is 0. The Balaban J connectivity index is 2.43. The van der Waals surface area contributed by atoms with Crippen LogP contribution in [0.3, 0.4) is 0 Å². The minimum absolute atomic E-state index is 0.302. The zero-order valence-electron chi connectivity index (χ0n) is 28.2. The molecule has 9 atom stereocenters. The van der Waals surface area contributed by atoms with Crippen LogP contribution < -0.4 is 0 Å². The van der Waals surface area contributed by atoms with E-state index in [9.17, 15) is 25.5 Å². The number of aliphatic hydroxyl groups excluding tert-OH is 5. The van der Waals surface area contributed by atoms with E-state index in [0.717, 1.165) is 57.8 Å². The predicted molar refractivity (Wildman–Crippen MR) is 179 cm³/mol. The second kappa shape index (κ2) is 23.8. The molecule has 11 nitrogen and oxygen atoms in total. The van der Waals surface area contributed by atoms with Crippen LogP contribution in [-0.2, 0) is 28.4 Å². The molecule has 0 bridgehead atoms. The monoisotopic (exact) mass is 666 g/mol. The van der Waals surface area contributed by atoms with E-state index in [1.54, 1.807) is 18.2 Å². The maximum atomic E-state index is 10.8. The third-order valence-corrected chi connectivity index (χ3v) is 7.79. The van der Waals surface area contributed by atoms with Crippen molar-refractivity contribution in [2.24, 2.45) is 0 Å². The summed E-state index contributed by atoms with van der Waals surface area (Å²) in [5.41, 5.74) is 0. The Morgan fingerprint density at radius 2 is 1.17 bits per heavy atom. The van der Waals surface area contributed by atoms with E-state index in [0.29, 0.717) is 0 Å². The van der Waals surface area contributed by atoms with Gasteiger partial charge in [0, 0.05) is 0 Å². The van der Waals surface area contributed by atoms with E-state index >= 15 is 0 Å². The van der Waals surface area contributed by atoms with E-state index in [-0.39, 0.29) is 6.61 Å². The van der Waals surface area contributed by atoms with Crippen molar-refractivity contribution in [1.29, 1.82) is 0 Å². The molecule has 5 N–H and O–H groups in total. The number of hydrogen-bond acceptors (Lipinski definition) is 11. The summed E-state index contributed by atoms with van der Waals surface area (Å²) >= 11 is 0. The van der Waals surface area contributed by atoms with Gasteiger partial charge < -0.3 is 54.0 Å². The number of ether oxygens (including phenoxy) is 6. The van der Waals surface area contributed by atoms with Crippen LogP contribution in [-0.4, -0.2) is 100 Å². The van der Waals surface area contributed by atoms with Crippen molar-refractivity contribution in [2.75, 3.05) is 19.8 Å². The summed E-state index contributed by atoms with van der Waals surface area (Å²) in [5.74, 6) is -1.86. The van der Waals surface area contributed by atoms with Gasteiger partial charge in [-0.15, -0.1) is 0 Å². The average Bonchev–Trinajstić information content (AvgIpc) is 3.36. The smallest absolute Gasteiger partial charge is 0.247 e. The Hall–Kier alpha value is -2.48. The molecule has 11 heteroatoms. The molecule has 0 spiro atoms. The molecular weight excluding hydrogens is 608 g/mol. The van der Waals surface area contributed by atoms with Crippen LogP contribution in [0, 0.1) is 0 Å². The maximum Gasteiger partial charge on any atom is 0.247 e. The number of rotatable bonds is 23. The summed E-state index contributed by atoms with van der Waals surface area (Å²) in [5, 5.41) is 51.8. The molecule has 0 aromatic heterocycles. The van der Waals surface area contributed by atoms with Gasteiger partial charge in [-0.05, 0) is 37.5 Å². The zero-order chi connectivity index (χ0) is 34.3. The lowest BCUT2D eigenvalue weighted by Crippen LogP contribution is -2.63. The summed E-state index contributed by atoms with van der Waals surface area (Å²) in [6.07, 6.45) is 19.7. The van der Waals surface area contributed by atoms with Gasteiger partial charge in [-0.2, -0.15) is 0 Å². The van der Waals surface area contributed by atoms with E-state index < -0.39 is 68.0 Å². The van der Waals surface area contributed by atoms with Gasteiger partial charge in [-0.3, -0.25) is 0 Å². The first-order valence-corrected chi connectivity index (χ1v) is 17.0. The van der Waals surface area contributed by atoms with Crippen molar-refractivity contribution in [3.8, 4) is 0 Å². The first kappa shape index (κ1) is 40.7. The fourth-order valence-electron chi connectivity index (χ4n) is 5.04. The Morgan fingerprint density at radius 1 is 0.638 bits per heavy atom. The Morgan fingerprint density at radius 3 is 1.70 bits per heavy atom. The third-order valence-electron chi connectivity index (χ3n) is 7.79. The van der Waals surface area contributed by atoms with Crippen LogP contribution in [0.15, 0.2) is 73.5 Å². The number of aliphatic hydroxyl groups is 5. The van der Waals surface area contributed by atoms with E-state index in [2.05, 4.69) is 20.8 Å². The van der Waals surface area contributed by atoms with Crippen LogP contribution in [0.1, 0.15) is 78.6 Å². The summed E-state index contributed by atoms with van der Waals surface area (Å²) in [6, 6.07) is 0. The van der Waals surface area contributed by atoms with Crippen LogP contribution in [0.25, 0.3) is 0 Å². The molecule has 2 aliphatic rings. The number of hydrogen-bond donors (Lipinski definition) is 5. The molecule has 0 unspecified atom stereocenters. The molecule has 0 amide bonds. The quantitative estimate of drug-likeness (QED) is 0.0596. The molecule has 2 saturated heterocycles. The van der Waals surface area contributed by atoms with E-state index in [4.69, 9.17) is 28.4 Å². The van der Waals surface area contributed by atoms with E-state index in [1.165, 1.54) is 18.8 Å². The van der Waals surface area contributed by atoms with Crippen molar-refractivity contribution >= 4 is 0 Å². The van der Waals surface area contributed by atoms with Crippen LogP contribution in [0.4, 0.5) is 0 Å². The molecule has 47 heavy (non-hydrogen) atoms. The first-order valence-electron chi connectivity index (χ1n) is 17.0. The van der Waals surface area contributed by atoms with Gasteiger partial charge in [0.25, 0.3) is 0 Å². The molecule has 268 valence electrons. The molecule has 2 aliphatic heterocycles. The lowest BCUT2D eigenvalue weighted by molar-refractivity contribution is -0.383. The standard InChI is InChI=1S/C36H58O11/c1-4-7-10-13-16-19-22-42-27-36(47-35-32(41)31(40)30(39)28(25-37)45-35)34(44-24-21-18-15-12-9-6-3)33(29(26-38)46-36)43-23-20-17-14-11-8-5-2/h13-24,28-35,37-41H,4-12,25-27H2,1-3H3/t28-,29-,30-,31+,32-,33-,34+,35-,36+/m1/s1. The molecule has 2 heterocycles. The SMILES string of the molecule is CCCCC=CC=COC[C@@]1(O[C@H]2O[C@H](CO)[C@@H](O)[C@H](O)[C@H]2O)O[C@H](CO)[C@@H](OC=CC=CCCCC)[C@@H]1OC=CC=CCCCC. The molecule has 2 fully saturated rings. The van der Waals surface area contributed by atoms with Gasteiger partial charge in [0.05, 0.1) is 32.0 Å². The molecule has 0 aromatic carbocycles. The second-order valence-electron chi connectivity index (χ2n) is 11.6. The van der Waals surface area contributed by atoms with Crippen molar-refractivity contribution in [3.05, 3.63) is 73.5 Å². The van der Waals surface area contributed by atoms with Crippen molar-refractivity contribution in [1.82, 2.24) is 0 Å². The summed E-state index contributed by atoms with van der Waals surface area (Å²) in [6.45, 7) is 4.95. The maximum absolute atomic E-state index is 10.8. The van der Waals surface area contributed by atoms with Crippen molar-refractivity contribution in [2.45, 2.75) is 133 Å². The normalized spacial score (nSPS) is 31.9. The predicted octanol–water partition coefficient (Wildman–Crippen LogP) is 4.46. The Labute approximate surface area is 280 Å². The molecule has 0 saturated carbocycles. The van der Waals surface area contributed by atoms with Gasteiger partial charge in [0.2, 0.25) is 5.79 Å². The number of allylic oxidation sites excluding steroid dienone is 9. The van der Waals surface area contributed by atoms with Crippen LogP contribution >= 0.6 is 0 Å². The zero-order valence-corrected chi connectivity index (χ0v) is 28.2. The lowest BCUT2D eigenvalue weighted by atomic mass is 9.99. The van der Waals surface area contributed by atoms with Crippen LogP contribution in [0.5, 0.6) is 0 Å². The van der Waals surface area contributed by atoms with Gasteiger partial charge in [0.15, 0.2) is 18.5 Å². The molecule has 0 aromatic rings. The van der Waals surface area contributed by atoms with Gasteiger partial charge in [-0.1, -0.05) is 95.8 Å². The highest BCUT2D eigenvalue weighted by atomic mass is 16.8. The average molecular weight is 667 g/mol. The largest absolute Gasteiger partial charge is 0.495 e. The minimum atomic E-state index is -1.86. The summed E-state index contributed by atoms with van der Waals surface area (Å²) < 4.78 is 36.4. The fraction of sp³-hybridized carbons (Fsp3) is 0.667. The first-order chi connectivity index (χ1) is 22.9. The molecule has 0 aliphatic carbocycles. The van der Waals surface area contributed by atoms with Gasteiger partial charge in [0.1, 0.15) is 37.1 Å². The highest BCUT2D eigenvalue weighted by Gasteiger charge is 2.62. The van der Waals surface area contributed by atoms with E-state index in [1.807, 2.05) is 36.5 Å². The molecule has 0 radical (unpaired) electrons. The summed E-state index contributed by atoms with van der Waals surface area (Å²) in [4.78, 5) is 0. The van der Waals surface area contributed by atoms with Crippen LogP contribution in [0.2, 0.25) is 0 Å². The highest BCUT2D eigenvalue weighted by molar-refractivity contribution is 5.07. The molecule has 2 rings (SSSR count). The van der Waals surface area contributed by atoms with Gasteiger partial charge >= 0.3 is 0 Å². The highest BCUT2D eigenvalue weighted by Crippen LogP contribution is 2.40. The Bertz CT molecular complexity index is 991. The Kier molecular flexibility index (Phi) is 20.6. The van der Waals surface area contributed by atoms with Crippen molar-refractivity contribution in [3.63, 3.8) is 0 Å². The third kappa shape index (κ3) is 13.5.